The second kappa shape index (κ2) is 11.6. The minimum absolute atomic E-state index is 0.104. The van der Waals surface area contributed by atoms with Gasteiger partial charge in [-0.1, -0.05) is 6.07 Å². The number of benzene rings is 1. The smallest absolute Gasteiger partial charge is 0.408 e. The van der Waals surface area contributed by atoms with Crippen molar-refractivity contribution in [3.05, 3.63) is 29.3 Å². The third-order valence-electron chi connectivity index (χ3n) is 4.62. The molecule has 0 fully saturated rings. The van der Waals surface area contributed by atoms with Gasteiger partial charge in [-0.2, -0.15) is 11.8 Å². The Labute approximate surface area is 201 Å². The number of alkyl carbamates (subject to hydrolysis) is 1. The Morgan fingerprint density at radius 2 is 1.76 bits per heavy atom. The minimum Gasteiger partial charge on any atom is -0.508 e. The van der Waals surface area contributed by atoms with Crippen LogP contribution in [0.3, 0.4) is 0 Å². The molecule has 3 N–H and O–H groups in total. The molecule has 0 saturated heterocycles. The van der Waals surface area contributed by atoms with Crippen molar-refractivity contribution < 1.29 is 24.2 Å². The minimum atomic E-state index is -0.951. The van der Waals surface area contributed by atoms with Crippen LogP contribution in [0, 0.1) is 6.92 Å². The molecule has 186 valence electrons. The summed E-state index contributed by atoms with van der Waals surface area (Å²) in [5, 5.41) is 15.5. The zero-order chi connectivity index (χ0) is 25.6. The summed E-state index contributed by atoms with van der Waals surface area (Å²) in [6, 6.07) is 3.00. The van der Waals surface area contributed by atoms with E-state index in [0.717, 1.165) is 0 Å². The molecule has 0 aromatic heterocycles. The molecule has 33 heavy (non-hydrogen) atoms. The topological polar surface area (TPSA) is 108 Å². The van der Waals surface area contributed by atoms with Crippen LogP contribution in [-0.4, -0.2) is 64.2 Å². The Hall–Kier alpha value is -2.42. The van der Waals surface area contributed by atoms with Gasteiger partial charge < -0.3 is 25.4 Å². The lowest BCUT2D eigenvalue weighted by atomic mass is 9.99. The Morgan fingerprint density at radius 3 is 2.24 bits per heavy atom. The quantitative estimate of drug-likeness (QED) is 0.522. The van der Waals surface area contributed by atoms with Crippen LogP contribution >= 0.6 is 11.8 Å². The van der Waals surface area contributed by atoms with Crippen molar-refractivity contribution >= 4 is 29.7 Å². The lowest BCUT2D eigenvalue weighted by Crippen LogP contribution is -2.53. The summed E-state index contributed by atoms with van der Waals surface area (Å²) in [6.07, 6.45) is 1.61. The van der Waals surface area contributed by atoms with Gasteiger partial charge in [-0.25, -0.2) is 4.79 Å². The van der Waals surface area contributed by atoms with Gasteiger partial charge in [0.15, 0.2) is 0 Å². The van der Waals surface area contributed by atoms with Gasteiger partial charge in [0.25, 0.3) is 0 Å². The van der Waals surface area contributed by atoms with Gasteiger partial charge in [-0.15, -0.1) is 0 Å². The molecule has 0 spiro atoms. The van der Waals surface area contributed by atoms with Crippen LogP contribution in [-0.2, 0) is 14.3 Å². The van der Waals surface area contributed by atoms with Gasteiger partial charge in [0.05, 0.1) is 0 Å². The molecule has 0 saturated carbocycles. The first kappa shape index (κ1) is 28.6. The largest absolute Gasteiger partial charge is 0.508 e. The zero-order valence-electron chi connectivity index (χ0n) is 21.2. The van der Waals surface area contributed by atoms with Crippen molar-refractivity contribution in [2.75, 3.05) is 19.1 Å². The average Bonchev–Trinajstić information content (AvgIpc) is 2.64. The van der Waals surface area contributed by atoms with Crippen molar-refractivity contribution in [2.24, 2.45) is 0 Å². The Bertz CT molecular complexity index is 845. The van der Waals surface area contributed by atoms with Crippen molar-refractivity contribution in [3.63, 3.8) is 0 Å². The summed E-state index contributed by atoms with van der Waals surface area (Å²) in [5.41, 5.74) is -0.0727. The number of carbonyl (C=O) groups is 3. The first-order valence-corrected chi connectivity index (χ1v) is 12.3. The summed E-state index contributed by atoms with van der Waals surface area (Å²) in [4.78, 5) is 40.5. The number of carbonyl (C=O) groups excluding carboxylic acids is 3. The third-order valence-corrected chi connectivity index (χ3v) is 5.26. The second-order valence-corrected chi connectivity index (χ2v) is 11.1. The number of aromatic hydroxyl groups is 1. The van der Waals surface area contributed by atoms with Crippen molar-refractivity contribution in [1.82, 2.24) is 15.5 Å². The summed E-state index contributed by atoms with van der Waals surface area (Å²) in [6.45, 7) is 12.5. The summed E-state index contributed by atoms with van der Waals surface area (Å²) in [7, 11) is 1.54. The highest BCUT2D eigenvalue weighted by Crippen LogP contribution is 2.27. The normalized spacial score (nSPS) is 13.6. The Kier molecular flexibility index (Phi) is 10.1. The van der Waals surface area contributed by atoms with E-state index in [4.69, 9.17) is 4.74 Å². The van der Waals surface area contributed by atoms with Gasteiger partial charge in [-0.05, 0) is 90.2 Å². The van der Waals surface area contributed by atoms with Crippen LogP contribution in [0.1, 0.15) is 65.1 Å². The van der Waals surface area contributed by atoms with Crippen molar-refractivity contribution in [2.45, 2.75) is 78.1 Å². The highest BCUT2D eigenvalue weighted by molar-refractivity contribution is 7.98. The standard InChI is InChI=1S/C24H39N3O5S/c1-15-14-16(10-11-18(15)28)19(20(29)26-23(2,3)4)27(8)21(30)17(12-13-33-9)25-22(31)32-24(5,6)7/h10-11,14,17,19,28H,12-13H2,1-9H3,(H,25,31)(H,26,29). The number of ether oxygens (including phenoxy) is 1. The molecular formula is C24H39N3O5S. The summed E-state index contributed by atoms with van der Waals surface area (Å²) >= 11 is 1.55. The lowest BCUT2D eigenvalue weighted by Gasteiger charge is -2.33. The molecule has 0 bridgehead atoms. The van der Waals surface area contributed by atoms with Gasteiger partial charge >= 0.3 is 6.09 Å². The monoisotopic (exact) mass is 481 g/mol. The molecule has 1 rings (SSSR count). The predicted molar refractivity (Wildman–Crippen MR) is 132 cm³/mol. The zero-order valence-corrected chi connectivity index (χ0v) is 22.1. The molecule has 2 atom stereocenters. The van der Waals surface area contributed by atoms with Crippen LogP contribution < -0.4 is 10.6 Å². The molecule has 0 heterocycles. The maximum Gasteiger partial charge on any atom is 0.408 e. The number of aryl methyl sites for hydroxylation is 1. The van der Waals surface area contributed by atoms with E-state index in [-0.39, 0.29) is 11.7 Å². The molecule has 0 aliphatic carbocycles. The van der Waals surface area contributed by atoms with E-state index in [2.05, 4.69) is 10.6 Å². The molecule has 0 aliphatic rings. The van der Waals surface area contributed by atoms with E-state index in [1.165, 1.54) is 11.0 Å². The van der Waals surface area contributed by atoms with Crippen LogP contribution in [0.4, 0.5) is 4.79 Å². The molecule has 0 radical (unpaired) electrons. The van der Waals surface area contributed by atoms with E-state index in [9.17, 15) is 19.5 Å². The van der Waals surface area contributed by atoms with E-state index >= 15 is 0 Å². The molecule has 1 aromatic rings. The lowest BCUT2D eigenvalue weighted by molar-refractivity contribution is -0.141. The number of phenolic OH excluding ortho intramolecular Hbond substituents is 1. The highest BCUT2D eigenvalue weighted by Gasteiger charge is 2.35. The summed E-state index contributed by atoms with van der Waals surface area (Å²) < 4.78 is 5.33. The van der Waals surface area contributed by atoms with Crippen LogP contribution in [0.2, 0.25) is 0 Å². The predicted octanol–water partition coefficient (Wildman–Crippen LogP) is 3.76. The Balaban J connectivity index is 3.30. The molecule has 0 aliphatic heterocycles. The highest BCUT2D eigenvalue weighted by atomic mass is 32.2. The average molecular weight is 482 g/mol. The third kappa shape index (κ3) is 9.53. The van der Waals surface area contributed by atoms with Gasteiger partial charge in [0.2, 0.25) is 11.8 Å². The number of nitrogens with one attached hydrogen (secondary N) is 2. The first-order valence-electron chi connectivity index (χ1n) is 10.9. The second-order valence-electron chi connectivity index (χ2n) is 10.1. The molecule has 9 heteroatoms. The number of phenols is 1. The fourth-order valence-electron chi connectivity index (χ4n) is 3.15. The number of thioether (sulfide) groups is 1. The van der Waals surface area contributed by atoms with E-state index in [0.29, 0.717) is 23.3 Å². The number of nitrogens with zero attached hydrogens (tertiary/aromatic N) is 1. The Morgan fingerprint density at radius 1 is 1.15 bits per heavy atom. The van der Waals surface area contributed by atoms with Crippen LogP contribution in [0.5, 0.6) is 5.75 Å². The molecular weight excluding hydrogens is 442 g/mol. The number of rotatable bonds is 8. The molecule has 3 amide bonds. The van der Waals surface area contributed by atoms with Gasteiger partial charge in [0.1, 0.15) is 23.4 Å². The first-order chi connectivity index (χ1) is 15.1. The van der Waals surface area contributed by atoms with Crippen LogP contribution in [0.15, 0.2) is 18.2 Å². The van der Waals surface area contributed by atoms with E-state index in [1.807, 2.05) is 27.0 Å². The molecule has 1 aromatic carbocycles. The molecule has 8 nitrogen and oxygen atoms in total. The fourth-order valence-corrected chi connectivity index (χ4v) is 3.62. The number of hydrogen-bond acceptors (Lipinski definition) is 6. The fraction of sp³-hybridized carbons (Fsp3) is 0.625. The molecule has 2 unspecified atom stereocenters. The van der Waals surface area contributed by atoms with Gasteiger partial charge in [-0.3, -0.25) is 9.59 Å². The van der Waals surface area contributed by atoms with Crippen molar-refractivity contribution in [1.29, 1.82) is 0 Å². The SMILES string of the molecule is CSCCC(NC(=O)OC(C)(C)C)C(=O)N(C)C(C(=O)NC(C)(C)C)c1ccc(O)c(C)c1. The maximum atomic E-state index is 13.5. The summed E-state index contributed by atoms with van der Waals surface area (Å²) in [5.74, 6) is -0.0248. The van der Waals surface area contributed by atoms with E-state index < -0.39 is 35.2 Å². The van der Waals surface area contributed by atoms with Gasteiger partial charge in [0, 0.05) is 12.6 Å². The van der Waals surface area contributed by atoms with Crippen LogP contribution in [0.25, 0.3) is 0 Å². The number of amides is 3. The maximum absolute atomic E-state index is 13.5. The van der Waals surface area contributed by atoms with Crippen molar-refractivity contribution in [3.8, 4) is 5.75 Å². The van der Waals surface area contributed by atoms with E-state index in [1.54, 1.807) is 58.6 Å². The number of hydrogen-bond donors (Lipinski definition) is 3. The number of likely N-dealkylation sites (N-methyl/N-ethyl adjacent to an activating group) is 1.